The molecule has 2 aliphatic rings. The summed E-state index contributed by atoms with van der Waals surface area (Å²) in [7, 11) is -1.58. The van der Waals surface area contributed by atoms with Crippen molar-refractivity contribution in [3.05, 3.63) is 62.7 Å². The standard InChI is InChI=1S/C16H16FN2O6P/c17-11-1-3-13-10(7-11)8-22-26(25-13)23-9-12-2-4-15(24-12)19-6-5-14(20)18-16(19)21/h1,3,5-7,12,15H,2,4,8-9H2,(H,18,20,21). The van der Waals surface area contributed by atoms with E-state index in [0.717, 1.165) is 0 Å². The van der Waals surface area contributed by atoms with Crippen LogP contribution in [0.1, 0.15) is 24.6 Å². The molecule has 4 rings (SSSR count). The van der Waals surface area contributed by atoms with Crippen molar-refractivity contribution >= 4 is 8.60 Å². The summed E-state index contributed by atoms with van der Waals surface area (Å²) in [5, 5.41) is 0. The van der Waals surface area contributed by atoms with Crippen molar-refractivity contribution in [2.75, 3.05) is 6.61 Å². The van der Waals surface area contributed by atoms with Gasteiger partial charge < -0.3 is 9.26 Å². The Morgan fingerprint density at radius 2 is 2.19 bits per heavy atom. The first-order valence-corrected chi connectivity index (χ1v) is 9.17. The van der Waals surface area contributed by atoms with E-state index >= 15 is 0 Å². The van der Waals surface area contributed by atoms with Crippen LogP contribution >= 0.6 is 8.60 Å². The Kier molecular flexibility index (Phi) is 4.86. The lowest BCUT2D eigenvalue weighted by atomic mass is 10.2. The highest BCUT2D eigenvalue weighted by Crippen LogP contribution is 2.47. The second-order valence-electron chi connectivity index (χ2n) is 5.94. The number of nitrogens with zero attached hydrogens (tertiary/aromatic N) is 1. The Balaban J connectivity index is 1.32. The average molecular weight is 382 g/mol. The van der Waals surface area contributed by atoms with Gasteiger partial charge in [0.25, 0.3) is 5.56 Å². The van der Waals surface area contributed by atoms with Gasteiger partial charge in [0.05, 0.1) is 19.3 Å². The molecule has 3 atom stereocenters. The Hall–Kier alpha value is -2.06. The van der Waals surface area contributed by atoms with E-state index < -0.39 is 26.1 Å². The van der Waals surface area contributed by atoms with Crippen molar-refractivity contribution in [1.82, 2.24) is 9.55 Å². The highest BCUT2D eigenvalue weighted by molar-refractivity contribution is 7.42. The zero-order valence-electron chi connectivity index (χ0n) is 13.6. The van der Waals surface area contributed by atoms with Gasteiger partial charge in [-0.25, -0.2) is 9.18 Å². The van der Waals surface area contributed by atoms with Gasteiger partial charge in [0, 0.05) is 17.8 Å². The maximum Gasteiger partial charge on any atom is 0.397 e. The van der Waals surface area contributed by atoms with Gasteiger partial charge in [-0.2, -0.15) is 0 Å². The molecule has 0 radical (unpaired) electrons. The van der Waals surface area contributed by atoms with Crippen LogP contribution in [0.5, 0.6) is 5.75 Å². The van der Waals surface area contributed by atoms with E-state index in [-0.39, 0.29) is 25.1 Å². The van der Waals surface area contributed by atoms with Gasteiger partial charge in [-0.15, -0.1) is 0 Å². The van der Waals surface area contributed by atoms with Gasteiger partial charge in [0.2, 0.25) is 0 Å². The molecule has 3 heterocycles. The molecule has 1 saturated heterocycles. The van der Waals surface area contributed by atoms with E-state index in [1.165, 1.54) is 29.0 Å². The van der Waals surface area contributed by atoms with E-state index in [0.29, 0.717) is 24.2 Å². The van der Waals surface area contributed by atoms with E-state index in [4.69, 9.17) is 18.3 Å². The Morgan fingerprint density at radius 1 is 1.31 bits per heavy atom. The van der Waals surface area contributed by atoms with Gasteiger partial charge in [0.1, 0.15) is 17.8 Å². The van der Waals surface area contributed by atoms with Crippen molar-refractivity contribution in [3.8, 4) is 5.75 Å². The molecule has 1 fully saturated rings. The Morgan fingerprint density at radius 3 is 3.04 bits per heavy atom. The molecule has 0 spiro atoms. The van der Waals surface area contributed by atoms with E-state index in [2.05, 4.69) is 4.98 Å². The van der Waals surface area contributed by atoms with Crippen LogP contribution in [0.25, 0.3) is 0 Å². The fourth-order valence-corrected chi connectivity index (χ4v) is 3.91. The van der Waals surface area contributed by atoms with Crippen LogP contribution < -0.4 is 15.8 Å². The summed E-state index contributed by atoms with van der Waals surface area (Å²) in [5.74, 6) is 0.208. The predicted octanol–water partition coefficient (Wildman–Crippen LogP) is 2.21. The van der Waals surface area contributed by atoms with E-state index in [1.54, 1.807) is 6.07 Å². The van der Waals surface area contributed by atoms with Gasteiger partial charge in [-0.1, -0.05) is 0 Å². The molecule has 26 heavy (non-hydrogen) atoms. The number of fused-ring (bicyclic) bond motifs is 1. The number of aromatic nitrogens is 2. The SMILES string of the molecule is O=c1ccn(C2CCC(COP3OCc4cc(F)ccc4O3)O2)c(=O)[nH]1. The predicted molar refractivity (Wildman–Crippen MR) is 89.2 cm³/mol. The molecule has 138 valence electrons. The zero-order chi connectivity index (χ0) is 18.1. The minimum absolute atomic E-state index is 0.219. The third kappa shape index (κ3) is 3.71. The van der Waals surface area contributed by atoms with Gasteiger partial charge in [-0.05, 0) is 31.0 Å². The van der Waals surface area contributed by atoms with Crippen LogP contribution in [0.4, 0.5) is 4.39 Å². The number of aromatic amines is 1. The van der Waals surface area contributed by atoms with Crippen molar-refractivity contribution in [2.24, 2.45) is 0 Å². The fraction of sp³-hybridized carbons (Fsp3) is 0.375. The summed E-state index contributed by atoms with van der Waals surface area (Å²) < 4.78 is 37.0. The molecule has 0 saturated carbocycles. The first kappa shape index (κ1) is 17.4. The minimum Gasteiger partial charge on any atom is -0.426 e. The van der Waals surface area contributed by atoms with Crippen LogP contribution in [-0.2, 0) is 20.4 Å². The highest BCUT2D eigenvalue weighted by Gasteiger charge is 2.30. The number of benzene rings is 1. The van der Waals surface area contributed by atoms with Crippen LogP contribution in [0.3, 0.4) is 0 Å². The summed E-state index contributed by atoms with van der Waals surface area (Å²) in [4.78, 5) is 25.1. The summed E-state index contributed by atoms with van der Waals surface area (Å²) >= 11 is 0. The number of nitrogens with one attached hydrogen (secondary N) is 1. The van der Waals surface area contributed by atoms with Crippen LogP contribution in [0, 0.1) is 5.82 Å². The summed E-state index contributed by atoms with van der Waals surface area (Å²) in [5.41, 5.74) is -0.308. The molecule has 3 unspecified atom stereocenters. The molecule has 2 aliphatic heterocycles. The molecular weight excluding hydrogens is 366 g/mol. The third-order valence-corrected chi connectivity index (χ3v) is 5.18. The molecule has 1 N–H and O–H groups in total. The van der Waals surface area contributed by atoms with Gasteiger partial charge in [0.15, 0.2) is 0 Å². The smallest absolute Gasteiger partial charge is 0.397 e. The van der Waals surface area contributed by atoms with Crippen molar-refractivity contribution < 1.29 is 22.7 Å². The van der Waals surface area contributed by atoms with Crippen molar-refractivity contribution in [3.63, 3.8) is 0 Å². The number of hydrogen-bond acceptors (Lipinski definition) is 6. The Bertz CT molecular complexity index is 916. The molecule has 2 aromatic rings. The maximum absolute atomic E-state index is 13.2. The summed E-state index contributed by atoms with van der Waals surface area (Å²) in [6.07, 6.45) is 2.08. The average Bonchev–Trinajstić information content (AvgIpc) is 3.08. The third-order valence-electron chi connectivity index (χ3n) is 4.13. The lowest BCUT2D eigenvalue weighted by Crippen LogP contribution is -2.31. The van der Waals surface area contributed by atoms with E-state index in [9.17, 15) is 14.0 Å². The molecule has 1 aromatic carbocycles. The molecular formula is C16H16FN2O6P. The van der Waals surface area contributed by atoms with Gasteiger partial charge in [-0.3, -0.25) is 23.4 Å². The van der Waals surface area contributed by atoms with Crippen molar-refractivity contribution in [2.45, 2.75) is 31.8 Å². The largest absolute Gasteiger partial charge is 0.426 e. The number of halogens is 1. The number of ether oxygens (including phenoxy) is 1. The molecule has 10 heteroatoms. The number of H-pyrrole nitrogens is 1. The Labute approximate surface area is 148 Å². The second-order valence-corrected chi connectivity index (χ2v) is 7.09. The summed E-state index contributed by atoms with van der Waals surface area (Å²) in [6, 6.07) is 5.53. The van der Waals surface area contributed by atoms with Crippen LogP contribution in [0.2, 0.25) is 0 Å². The summed E-state index contributed by atoms with van der Waals surface area (Å²) in [6.45, 7) is 0.469. The lowest BCUT2D eigenvalue weighted by Gasteiger charge is -2.24. The zero-order valence-corrected chi connectivity index (χ0v) is 14.5. The molecule has 8 nitrogen and oxygen atoms in total. The number of rotatable bonds is 4. The monoisotopic (exact) mass is 382 g/mol. The van der Waals surface area contributed by atoms with E-state index in [1.807, 2.05) is 0 Å². The topological polar surface area (TPSA) is 91.8 Å². The molecule has 0 amide bonds. The van der Waals surface area contributed by atoms with Crippen LogP contribution in [-0.4, -0.2) is 22.3 Å². The maximum atomic E-state index is 13.2. The van der Waals surface area contributed by atoms with Gasteiger partial charge >= 0.3 is 14.3 Å². The molecule has 1 aromatic heterocycles. The molecule has 0 aliphatic carbocycles. The normalized spacial score (nSPS) is 24.9. The number of hydrogen-bond donors (Lipinski definition) is 1. The first-order valence-electron chi connectivity index (χ1n) is 8.08. The van der Waals surface area contributed by atoms with Crippen LogP contribution in [0.15, 0.2) is 40.1 Å². The fourth-order valence-electron chi connectivity index (χ4n) is 2.85. The lowest BCUT2D eigenvalue weighted by molar-refractivity contribution is -0.0229. The minimum atomic E-state index is -1.58. The quantitative estimate of drug-likeness (QED) is 0.816. The van der Waals surface area contributed by atoms with Crippen molar-refractivity contribution in [1.29, 1.82) is 0 Å². The second kappa shape index (κ2) is 7.28. The molecule has 0 bridgehead atoms. The first-order chi connectivity index (χ1) is 12.6. The highest BCUT2D eigenvalue weighted by atomic mass is 31.2.